The van der Waals surface area contributed by atoms with Crippen molar-refractivity contribution < 1.29 is 14.6 Å². The summed E-state index contributed by atoms with van der Waals surface area (Å²) in [4.78, 5) is 0. The van der Waals surface area contributed by atoms with Crippen LogP contribution < -0.4 is 9.47 Å². The number of benzene rings is 2. The maximum atomic E-state index is 9.59. The van der Waals surface area contributed by atoms with Gasteiger partial charge in [0.2, 0.25) is 0 Å². The summed E-state index contributed by atoms with van der Waals surface area (Å²) in [6.45, 7) is -0.0438. The van der Waals surface area contributed by atoms with E-state index in [1.165, 1.54) is 0 Å². The summed E-state index contributed by atoms with van der Waals surface area (Å²) in [6, 6.07) is 13.4. The number of aliphatic hydroxyl groups excluding tert-OH is 1. The summed E-state index contributed by atoms with van der Waals surface area (Å²) in [6.07, 6.45) is 1.95. The highest BCUT2D eigenvalue weighted by atomic mass is 16.5. The minimum absolute atomic E-state index is 0.0438. The predicted octanol–water partition coefficient (Wildman–Crippen LogP) is 3.33. The van der Waals surface area contributed by atoms with E-state index in [2.05, 4.69) is 0 Å². The van der Waals surface area contributed by atoms with Crippen molar-refractivity contribution in [1.29, 1.82) is 0 Å². The summed E-state index contributed by atoms with van der Waals surface area (Å²) >= 11 is 0. The van der Waals surface area contributed by atoms with Crippen molar-refractivity contribution in [3.8, 4) is 17.2 Å². The second-order valence-corrected chi connectivity index (χ2v) is 4.33. The van der Waals surface area contributed by atoms with E-state index in [1.807, 2.05) is 48.5 Å². The van der Waals surface area contributed by atoms with Crippen LogP contribution in [0, 0.1) is 0 Å². The standard InChI is InChI=1S/C16H14O3/c1-18-13-6-7-16-14(9-13)12(10-17)8-11-4-2-3-5-15(11)19-16/h2-9,17H,10H2,1H3. The summed E-state index contributed by atoms with van der Waals surface area (Å²) in [7, 11) is 1.62. The summed E-state index contributed by atoms with van der Waals surface area (Å²) in [5, 5.41) is 9.59. The Hall–Kier alpha value is -2.26. The molecule has 0 amide bonds. The molecule has 2 aromatic rings. The highest BCUT2D eigenvalue weighted by molar-refractivity contribution is 5.88. The van der Waals surface area contributed by atoms with Crippen LogP contribution in [0.25, 0.3) is 11.6 Å². The van der Waals surface area contributed by atoms with Crippen LogP contribution in [0.1, 0.15) is 11.1 Å². The Morgan fingerprint density at radius 1 is 1.11 bits per heavy atom. The van der Waals surface area contributed by atoms with Crippen molar-refractivity contribution in [2.45, 2.75) is 0 Å². The molecule has 3 rings (SSSR count). The Morgan fingerprint density at radius 3 is 2.74 bits per heavy atom. The Labute approximate surface area is 111 Å². The van der Waals surface area contributed by atoms with Crippen molar-refractivity contribution >= 4 is 11.6 Å². The van der Waals surface area contributed by atoms with Gasteiger partial charge in [0.1, 0.15) is 17.2 Å². The molecule has 0 bridgehead atoms. The van der Waals surface area contributed by atoms with Gasteiger partial charge in [0.15, 0.2) is 0 Å². The first-order valence-corrected chi connectivity index (χ1v) is 6.08. The molecular weight excluding hydrogens is 240 g/mol. The minimum Gasteiger partial charge on any atom is -0.497 e. The molecule has 19 heavy (non-hydrogen) atoms. The Balaban J connectivity index is 2.20. The number of methoxy groups -OCH3 is 1. The average Bonchev–Trinajstić information content (AvgIpc) is 2.62. The van der Waals surface area contributed by atoms with Gasteiger partial charge < -0.3 is 14.6 Å². The van der Waals surface area contributed by atoms with Gasteiger partial charge in [0.05, 0.1) is 13.7 Å². The third kappa shape index (κ3) is 2.09. The van der Waals surface area contributed by atoms with Gasteiger partial charge in [-0.25, -0.2) is 0 Å². The first-order chi connectivity index (χ1) is 9.31. The van der Waals surface area contributed by atoms with Crippen LogP contribution in [-0.2, 0) is 0 Å². The molecule has 0 spiro atoms. The van der Waals surface area contributed by atoms with Crippen LogP contribution in [-0.4, -0.2) is 18.8 Å². The van der Waals surface area contributed by atoms with Gasteiger partial charge in [-0.15, -0.1) is 0 Å². The number of para-hydroxylation sites is 1. The fourth-order valence-corrected chi connectivity index (χ4v) is 2.18. The maximum Gasteiger partial charge on any atom is 0.135 e. The Morgan fingerprint density at radius 2 is 1.95 bits per heavy atom. The van der Waals surface area contributed by atoms with Gasteiger partial charge in [0, 0.05) is 11.1 Å². The number of aliphatic hydroxyl groups is 1. The molecular formula is C16H14O3. The lowest BCUT2D eigenvalue weighted by Crippen LogP contribution is -1.94. The fourth-order valence-electron chi connectivity index (χ4n) is 2.18. The van der Waals surface area contributed by atoms with E-state index in [9.17, 15) is 5.11 Å². The molecule has 0 aromatic heterocycles. The molecule has 1 aliphatic rings. The van der Waals surface area contributed by atoms with Crippen molar-refractivity contribution in [3.05, 3.63) is 53.6 Å². The molecule has 2 aromatic carbocycles. The predicted molar refractivity (Wildman–Crippen MR) is 74.5 cm³/mol. The van der Waals surface area contributed by atoms with Gasteiger partial charge >= 0.3 is 0 Å². The van der Waals surface area contributed by atoms with Crippen LogP contribution in [0.3, 0.4) is 0 Å². The molecule has 0 aliphatic carbocycles. The van der Waals surface area contributed by atoms with Crippen LogP contribution >= 0.6 is 0 Å². The van der Waals surface area contributed by atoms with Gasteiger partial charge in [-0.2, -0.15) is 0 Å². The molecule has 1 aliphatic heterocycles. The van der Waals surface area contributed by atoms with E-state index in [-0.39, 0.29) is 6.61 Å². The van der Waals surface area contributed by atoms with Gasteiger partial charge in [-0.1, -0.05) is 18.2 Å². The van der Waals surface area contributed by atoms with Crippen LogP contribution in [0.4, 0.5) is 0 Å². The maximum absolute atomic E-state index is 9.59. The Bertz CT molecular complexity index is 644. The first kappa shape index (κ1) is 11.8. The van der Waals surface area contributed by atoms with E-state index in [0.717, 1.165) is 33.9 Å². The Kier molecular flexibility index (Phi) is 2.97. The smallest absolute Gasteiger partial charge is 0.135 e. The van der Waals surface area contributed by atoms with Crippen molar-refractivity contribution in [3.63, 3.8) is 0 Å². The number of hydrogen-bond donors (Lipinski definition) is 1. The molecule has 0 atom stereocenters. The van der Waals surface area contributed by atoms with Gasteiger partial charge in [0.25, 0.3) is 0 Å². The van der Waals surface area contributed by atoms with Crippen LogP contribution in [0.5, 0.6) is 17.2 Å². The molecule has 1 N–H and O–H groups in total. The van der Waals surface area contributed by atoms with Crippen molar-refractivity contribution in [2.24, 2.45) is 0 Å². The summed E-state index contributed by atoms with van der Waals surface area (Å²) < 4.78 is 11.1. The number of fused-ring (bicyclic) bond motifs is 2. The van der Waals surface area contributed by atoms with Gasteiger partial charge in [-0.3, -0.25) is 0 Å². The number of hydrogen-bond acceptors (Lipinski definition) is 3. The molecule has 0 unspecified atom stereocenters. The fraction of sp³-hybridized carbons (Fsp3) is 0.125. The minimum atomic E-state index is -0.0438. The van der Waals surface area contributed by atoms with Gasteiger partial charge in [-0.05, 0) is 35.9 Å². The molecule has 96 valence electrons. The van der Waals surface area contributed by atoms with E-state index in [0.29, 0.717) is 0 Å². The monoisotopic (exact) mass is 254 g/mol. The molecule has 3 heteroatoms. The highest BCUT2D eigenvalue weighted by Gasteiger charge is 2.16. The normalized spacial score (nSPS) is 12.6. The van der Waals surface area contributed by atoms with E-state index < -0.39 is 0 Å². The molecule has 0 saturated carbocycles. The second-order valence-electron chi connectivity index (χ2n) is 4.33. The lowest BCUT2D eigenvalue weighted by molar-refractivity contribution is 0.350. The summed E-state index contributed by atoms with van der Waals surface area (Å²) in [5.41, 5.74) is 2.64. The topological polar surface area (TPSA) is 38.7 Å². The molecule has 0 saturated heterocycles. The number of rotatable bonds is 2. The SMILES string of the molecule is COc1ccc2c(c1)C(CO)=Cc1ccccc1O2. The highest BCUT2D eigenvalue weighted by Crippen LogP contribution is 2.39. The largest absolute Gasteiger partial charge is 0.497 e. The first-order valence-electron chi connectivity index (χ1n) is 6.08. The third-order valence-corrected chi connectivity index (χ3v) is 3.17. The van der Waals surface area contributed by atoms with E-state index in [1.54, 1.807) is 7.11 Å². The zero-order chi connectivity index (χ0) is 13.2. The van der Waals surface area contributed by atoms with Crippen LogP contribution in [0.15, 0.2) is 42.5 Å². The molecule has 0 radical (unpaired) electrons. The zero-order valence-electron chi connectivity index (χ0n) is 10.6. The molecule has 1 heterocycles. The van der Waals surface area contributed by atoms with Crippen molar-refractivity contribution in [1.82, 2.24) is 0 Å². The second kappa shape index (κ2) is 4.78. The average molecular weight is 254 g/mol. The van der Waals surface area contributed by atoms with Crippen molar-refractivity contribution in [2.75, 3.05) is 13.7 Å². The molecule has 3 nitrogen and oxygen atoms in total. The summed E-state index contributed by atoms with van der Waals surface area (Å²) in [5.74, 6) is 2.26. The van der Waals surface area contributed by atoms with E-state index >= 15 is 0 Å². The zero-order valence-corrected chi connectivity index (χ0v) is 10.6. The van der Waals surface area contributed by atoms with Crippen LogP contribution in [0.2, 0.25) is 0 Å². The third-order valence-electron chi connectivity index (χ3n) is 3.17. The molecule has 0 fully saturated rings. The van der Waals surface area contributed by atoms with E-state index in [4.69, 9.17) is 9.47 Å². The lowest BCUT2D eigenvalue weighted by Gasteiger charge is -2.11. The number of ether oxygens (including phenoxy) is 2. The lowest BCUT2D eigenvalue weighted by atomic mass is 10.0. The quantitative estimate of drug-likeness (QED) is 0.893.